The van der Waals surface area contributed by atoms with Gasteiger partial charge in [-0.3, -0.25) is 9.79 Å². The van der Waals surface area contributed by atoms with E-state index in [2.05, 4.69) is 20.6 Å². The molecule has 3 aromatic rings. The topological polar surface area (TPSA) is 78.9 Å². The normalized spacial score (nSPS) is 11.1. The SMILES string of the molecule is CN=C(NCc1ccc(C(=O)N(C)C)cc1)NCc1ccc(Oc2ccc(F)cc2)nc1. The Morgan fingerprint density at radius 3 is 2.16 bits per heavy atom. The standard InChI is InChI=1S/C24H26FN5O2/c1-26-24(28-14-17-4-7-19(8-5-17)23(31)30(2)3)29-16-18-6-13-22(27-15-18)32-21-11-9-20(25)10-12-21/h4-13,15H,14,16H2,1-3H3,(H2,26,28,29). The van der Waals surface area contributed by atoms with Gasteiger partial charge >= 0.3 is 0 Å². The highest BCUT2D eigenvalue weighted by Gasteiger charge is 2.07. The maximum absolute atomic E-state index is 13.0. The Bertz CT molecular complexity index is 1050. The zero-order valence-electron chi connectivity index (χ0n) is 18.3. The summed E-state index contributed by atoms with van der Waals surface area (Å²) >= 11 is 0. The third kappa shape index (κ3) is 6.53. The molecule has 1 aromatic heterocycles. The van der Waals surface area contributed by atoms with E-state index in [0.29, 0.717) is 36.2 Å². The van der Waals surface area contributed by atoms with Crippen LogP contribution in [-0.4, -0.2) is 42.9 Å². The van der Waals surface area contributed by atoms with Gasteiger partial charge in [-0.25, -0.2) is 9.37 Å². The van der Waals surface area contributed by atoms with Gasteiger partial charge in [-0.1, -0.05) is 18.2 Å². The van der Waals surface area contributed by atoms with Crippen molar-refractivity contribution in [2.24, 2.45) is 4.99 Å². The molecule has 0 radical (unpaired) electrons. The number of nitrogens with zero attached hydrogens (tertiary/aromatic N) is 3. The lowest BCUT2D eigenvalue weighted by Gasteiger charge is -2.13. The summed E-state index contributed by atoms with van der Waals surface area (Å²) in [5.74, 6) is 1.26. The van der Waals surface area contributed by atoms with E-state index in [9.17, 15) is 9.18 Å². The quantitative estimate of drug-likeness (QED) is 0.438. The van der Waals surface area contributed by atoms with Gasteiger partial charge < -0.3 is 20.3 Å². The summed E-state index contributed by atoms with van der Waals surface area (Å²) in [4.78, 5) is 22.0. The molecule has 2 N–H and O–H groups in total. The van der Waals surface area contributed by atoms with Gasteiger partial charge in [-0.2, -0.15) is 0 Å². The third-order valence-electron chi connectivity index (χ3n) is 4.58. The number of carbonyl (C=O) groups is 1. The highest BCUT2D eigenvalue weighted by Crippen LogP contribution is 2.19. The van der Waals surface area contributed by atoms with Crippen LogP contribution in [0, 0.1) is 5.82 Å². The Hall–Kier alpha value is -3.94. The van der Waals surface area contributed by atoms with Crippen LogP contribution in [0.4, 0.5) is 4.39 Å². The van der Waals surface area contributed by atoms with E-state index in [1.807, 2.05) is 30.3 Å². The molecule has 0 unspecified atom stereocenters. The van der Waals surface area contributed by atoms with E-state index in [4.69, 9.17) is 4.74 Å². The number of rotatable bonds is 7. The fourth-order valence-corrected chi connectivity index (χ4v) is 2.81. The highest BCUT2D eigenvalue weighted by atomic mass is 19.1. The second-order valence-corrected chi connectivity index (χ2v) is 7.24. The van der Waals surface area contributed by atoms with Crippen molar-refractivity contribution in [1.82, 2.24) is 20.5 Å². The van der Waals surface area contributed by atoms with Crippen molar-refractivity contribution in [3.05, 3.63) is 89.4 Å². The van der Waals surface area contributed by atoms with Crippen LogP contribution in [0.5, 0.6) is 11.6 Å². The van der Waals surface area contributed by atoms with Crippen LogP contribution < -0.4 is 15.4 Å². The number of pyridine rings is 1. The smallest absolute Gasteiger partial charge is 0.253 e. The molecule has 0 fully saturated rings. The minimum atomic E-state index is -0.315. The molecule has 1 amide bonds. The molecule has 32 heavy (non-hydrogen) atoms. The summed E-state index contributed by atoms with van der Waals surface area (Å²) in [6.45, 7) is 1.10. The van der Waals surface area contributed by atoms with E-state index < -0.39 is 0 Å². The molecule has 7 nitrogen and oxygen atoms in total. The number of guanidine groups is 1. The van der Waals surface area contributed by atoms with E-state index in [0.717, 1.165) is 11.1 Å². The minimum Gasteiger partial charge on any atom is -0.439 e. The van der Waals surface area contributed by atoms with Crippen LogP contribution in [0.3, 0.4) is 0 Å². The lowest BCUT2D eigenvalue weighted by atomic mass is 10.1. The zero-order chi connectivity index (χ0) is 22.9. The summed E-state index contributed by atoms with van der Waals surface area (Å²) in [7, 11) is 5.16. The lowest BCUT2D eigenvalue weighted by molar-refractivity contribution is 0.0827. The van der Waals surface area contributed by atoms with Crippen molar-refractivity contribution in [1.29, 1.82) is 0 Å². The molecule has 1 heterocycles. The zero-order valence-corrected chi connectivity index (χ0v) is 18.3. The molecule has 2 aromatic carbocycles. The molecule has 0 saturated heterocycles. The first-order valence-electron chi connectivity index (χ1n) is 10.1. The van der Waals surface area contributed by atoms with Crippen LogP contribution in [-0.2, 0) is 13.1 Å². The number of aliphatic imine (C=N–C) groups is 1. The van der Waals surface area contributed by atoms with Crippen LogP contribution in [0.15, 0.2) is 71.9 Å². The summed E-state index contributed by atoms with van der Waals surface area (Å²) < 4.78 is 18.6. The fraction of sp³-hybridized carbons (Fsp3) is 0.208. The Morgan fingerprint density at radius 2 is 1.59 bits per heavy atom. The maximum atomic E-state index is 13.0. The van der Waals surface area contributed by atoms with Crippen LogP contribution >= 0.6 is 0 Å². The molecule has 166 valence electrons. The first-order chi connectivity index (χ1) is 15.4. The van der Waals surface area contributed by atoms with Crippen molar-refractivity contribution >= 4 is 11.9 Å². The van der Waals surface area contributed by atoms with Gasteiger partial charge in [0.25, 0.3) is 5.91 Å². The third-order valence-corrected chi connectivity index (χ3v) is 4.58. The van der Waals surface area contributed by atoms with Crippen molar-refractivity contribution in [2.45, 2.75) is 13.1 Å². The van der Waals surface area contributed by atoms with Crippen molar-refractivity contribution in [3.8, 4) is 11.6 Å². The van der Waals surface area contributed by atoms with Crippen LogP contribution in [0.2, 0.25) is 0 Å². The average molecular weight is 436 g/mol. The maximum Gasteiger partial charge on any atom is 0.253 e. The molecule has 0 bridgehead atoms. The molecule has 0 saturated carbocycles. The summed E-state index contributed by atoms with van der Waals surface area (Å²) in [5, 5.41) is 6.48. The first-order valence-corrected chi connectivity index (χ1v) is 10.1. The average Bonchev–Trinajstić information content (AvgIpc) is 2.81. The summed E-state index contributed by atoms with van der Waals surface area (Å²) in [6.07, 6.45) is 1.71. The largest absolute Gasteiger partial charge is 0.439 e. The predicted octanol–water partition coefficient (Wildman–Crippen LogP) is 3.58. The number of hydrogen-bond acceptors (Lipinski definition) is 4. The molecular weight excluding hydrogens is 409 g/mol. The number of carbonyl (C=O) groups excluding carboxylic acids is 1. The van der Waals surface area contributed by atoms with E-state index in [-0.39, 0.29) is 11.7 Å². The molecule has 0 aliphatic heterocycles. The van der Waals surface area contributed by atoms with E-state index in [1.165, 1.54) is 12.1 Å². The molecular formula is C24H26FN5O2. The Labute approximate surface area is 187 Å². The number of amides is 1. The first kappa shape index (κ1) is 22.7. The summed E-state index contributed by atoms with van der Waals surface area (Å²) in [6, 6.07) is 16.9. The number of hydrogen-bond donors (Lipinski definition) is 2. The van der Waals surface area contributed by atoms with Crippen molar-refractivity contribution < 1.29 is 13.9 Å². The van der Waals surface area contributed by atoms with Crippen LogP contribution in [0.25, 0.3) is 0 Å². The van der Waals surface area contributed by atoms with E-state index >= 15 is 0 Å². The Morgan fingerprint density at radius 1 is 0.969 bits per heavy atom. The molecule has 0 aliphatic carbocycles. The molecule has 0 spiro atoms. The van der Waals surface area contributed by atoms with Gasteiger partial charge in [0.05, 0.1) is 0 Å². The Kier molecular flexibility index (Phi) is 7.75. The number of aromatic nitrogens is 1. The number of ether oxygens (including phenoxy) is 1. The lowest BCUT2D eigenvalue weighted by Crippen LogP contribution is -2.36. The van der Waals surface area contributed by atoms with Crippen molar-refractivity contribution in [3.63, 3.8) is 0 Å². The minimum absolute atomic E-state index is 0.0234. The second kappa shape index (κ2) is 10.9. The van der Waals surface area contributed by atoms with Gasteiger partial charge in [0.2, 0.25) is 5.88 Å². The molecule has 8 heteroatoms. The number of benzene rings is 2. The van der Waals surface area contributed by atoms with Gasteiger partial charge in [-0.05, 0) is 47.5 Å². The monoisotopic (exact) mass is 435 g/mol. The van der Waals surface area contributed by atoms with Gasteiger partial charge in [0.1, 0.15) is 11.6 Å². The predicted molar refractivity (Wildman–Crippen MR) is 122 cm³/mol. The fourth-order valence-electron chi connectivity index (χ4n) is 2.81. The molecule has 0 aliphatic rings. The number of halogens is 1. The van der Waals surface area contributed by atoms with Gasteiger partial charge in [0.15, 0.2) is 5.96 Å². The highest BCUT2D eigenvalue weighted by molar-refractivity contribution is 5.93. The second-order valence-electron chi connectivity index (χ2n) is 7.24. The molecule has 0 atom stereocenters. The summed E-state index contributed by atoms with van der Waals surface area (Å²) in [5.41, 5.74) is 2.64. The molecule has 3 rings (SSSR count). The van der Waals surface area contributed by atoms with Crippen molar-refractivity contribution in [2.75, 3.05) is 21.1 Å². The van der Waals surface area contributed by atoms with Crippen LogP contribution in [0.1, 0.15) is 21.5 Å². The van der Waals surface area contributed by atoms with Gasteiger partial charge in [0, 0.05) is 52.1 Å². The van der Waals surface area contributed by atoms with Gasteiger partial charge in [-0.15, -0.1) is 0 Å². The van der Waals surface area contributed by atoms with E-state index in [1.54, 1.807) is 50.4 Å². The number of nitrogens with one attached hydrogen (secondary N) is 2. The Balaban J connectivity index is 1.47.